The van der Waals surface area contributed by atoms with Crippen LogP contribution >= 0.6 is 0 Å². The average Bonchev–Trinajstić information content (AvgIpc) is 3.23. The Kier molecular flexibility index (Phi) is 37.7. The quantitative estimate of drug-likeness (QED) is 0.0266. The Morgan fingerprint density at radius 2 is 0.915 bits per heavy atom. The van der Waals surface area contributed by atoms with Crippen LogP contribution in [0.4, 0.5) is 0 Å². The second-order valence-corrected chi connectivity index (χ2v) is 16.9. The molecule has 346 valence electrons. The van der Waals surface area contributed by atoms with E-state index in [1.165, 1.54) is 141 Å². The first-order valence-corrected chi connectivity index (χ1v) is 24.4. The maximum absolute atomic E-state index is 12.8. The summed E-state index contributed by atoms with van der Waals surface area (Å²) in [6.45, 7) is 3.41. The Morgan fingerprint density at radius 1 is 0.508 bits per heavy atom. The van der Waals surface area contributed by atoms with Crippen LogP contribution < -0.4 is 0 Å². The molecule has 0 aliphatic carbocycles. The number of carbonyl (C=O) groups is 2. The minimum absolute atomic E-state index is 0.216. The lowest BCUT2D eigenvalue weighted by Gasteiger charge is -2.39. The van der Waals surface area contributed by atoms with Gasteiger partial charge in [0.2, 0.25) is 0 Å². The molecular weight excluding hydrogens is 749 g/mol. The van der Waals surface area contributed by atoms with Crippen LogP contribution in [0.2, 0.25) is 0 Å². The van der Waals surface area contributed by atoms with Gasteiger partial charge in [0.1, 0.15) is 31.0 Å². The topological polar surface area (TPSA) is 152 Å². The maximum Gasteiger partial charge on any atom is 0.306 e. The van der Waals surface area contributed by atoms with Gasteiger partial charge in [-0.25, -0.2) is 0 Å². The van der Waals surface area contributed by atoms with Gasteiger partial charge in [0.25, 0.3) is 0 Å². The Balaban J connectivity index is 2.27. The fourth-order valence-corrected chi connectivity index (χ4v) is 7.40. The molecular formula is C49H90O10. The number of hydrogen-bond donors (Lipinski definition) is 4. The van der Waals surface area contributed by atoms with Crippen molar-refractivity contribution in [2.24, 2.45) is 0 Å². The predicted molar refractivity (Wildman–Crippen MR) is 238 cm³/mol. The van der Waals surface area contributed by atoms with Crippen molar-refractivity contribution < 1.29 is 49.0 Å². The zero-order valence-corrected chi connectivity index (χ0v) is 37.8. The van der Waals surface area contributed by atoms with Crippen molar-refractivity contribution >= 4 is 11.9 Å². The number of aliphatic hydroxyl groups is 4. The highest BCUT2D eigenvalue weighted by atomic mass is 16.7. The van der Waals surface area contributed by atoms with Gasteiger partial charge in [0.15, 0.2) is 12.4 Å². The van der Waals surface area contributed by atoms with Gasteiger partial charge in [-0.3, -0.25) is 9.59 Å². The van der Waals surface area contributed by atoms with Crippen molar-refractivity contribution in [3.63, 3.8) is 0 Å². The lowest BCUT2D eigenvalue weighted by atomic mass is 9.99. The first-order valence-electron chi connectivity index (χ1n) is 24.4. The number of allylic oxidation sites excluding steroid dienone is 4. The molecule has 1 rings (SSSR count). The summed E-state index contributed by atoms with van der Waals surface area (Å²) >= 11 is 0. The van der Waals surface area contributed by atoms with Crippen molar-refractivity contribution in [2.45, 2.75) is 256 Å². The molecule has 0 saturated carbocycles. The predicted octanol–water partition coefficient (Wildman–Crippen LogP) is 10.9. The molecule has 0 amide bonds. The van der Waals surface area contributed by atoms with Crippen LogP contribution in [0.15, 0.2) is 24.3 Å². The molecule has 1 aliphatic heterocycles. The largest absolute Gasteiger partial charge is 0.462 e. The summed E-state index contributed by atoms with van der Waals surface area (Å²) in [7, 11) is 0. The highest BCUT2D eigenvalue weighted by molar-refractivity contribution is 5.70. The number of unbranched alkanes of at least 4 members (excludes halogenated alkanes) is 26. The summed E-state index contributed by atoms with van der Waals surface area (Å²) in [5.74, 6) is -0.804. The maximum atomic E-state index is 12.8. The molecule has 10 heteroatoms. The van der Waals surface area contributed by atoms with Crippen LogP contribution in [0.25, 0.3) is 0 Å². The van der Waals surface area contributed by atoms with E-state index in [2.05, 4.69) is 38.2 Å². The number of esters is 2. The highest BCUT2D eigenvalue weighted by Gasteiger charge is 2.44. The van der Waals surface area contributed by atoms with Gasteiger partial charge in [0.05, 0.1) is 13.2 Å². The minimum atomic E-state index is -1.59. The second kappa shape index (κ2) is 40.3. The number of aliphatic hydroxyl groups excluding tert-OH is 4. The zero-order valence-electron chi connectivity index (χ0n) is 37.8. The van der Waals surface area contributed by atoms with Crippen LogP contribution in [0, 0.1) is 0 Å². The van der Waals surface area contributed by atoms with E-state index in [9.17, 15) is 30.0 Å². The summed E-state index contributed by atoms with van der Waals surface area (Å²) in [6, 6.07) is 0. The normalized spacial score (nSPS) is 20.1. The lowest BCUT2D eigenvalue weighted by Crippen LogP contribution is -2.59. The zero-order chi connectivity index (χ0) is 43.0. The summed E-state index contributed by atoms with van der Waals surface area (Å²) in [6.07, 6.45) is 37.5. The van der Waals surface area contributed by atoms with Gasteiger partial charge < -0.3 is 39.4 Å². The molecule has 10 nitrogen and oxygen atoms in total. The lowest BCUT2D eigenvalue weighted by molar-refractivity contribution is -0.305. The minimum Gasteiger partial charge on any atom is -0.462 e. The molecule has 1 saturated heterocycles. The third-order valence-electron chi connectivity index (χ3n) is 11.3. The third kappa shape index (κ3) is 31.7. The average molecular weight is 839 g/mol. The van der Waals surface area contributed by atoms with Gasteiger partial charge in [0, 0.05) is 12.8 Å². The molecule has 0 aromatic carbocycles. The molecule has 1 aliphatic rings. The van der Waals surface area contributed by atoms with Crippen LogP contribution in [-0.2, 0) is 28.5 Å². The van der Waals surface area contributed by atoms with Crippen LogP contribution in [0.5, 0.6) is 0 Å². The molecule has 0 aromatic rings. The van der Waals surface area contributed by atoms with E-state index in [4.69, 9.17) is 18.9 Å². The highest BCUT2D eigenvalue weighted by Crippen LogP contribution is 2.23. The first-order chi connectivity index (χ1) is 28.8. The molecule has 0 aromatic heterocycles. The van der Waals surface area contributed by atoms with E-state index in [-0.39, 0.29) is 32.0 Å². The summed E-state index contributed by atoms with van der Waals surface area (Å²) < 4.78 is 22.2. The van der Waals surface area contributed by atoms with Crippen LogP contribution in [-0.4, -0.2) is 89.0 Å². The Morgan fingerprint density at radius 3 is 1.37 bits per heavy atom. The molecule has 0 bridgehead atoms. The number of carbonyl (C=O) groups excluding carboxylic acids is 2. The molecule has 0 radical (unpaired) electrons. The van der Waals surface area contributed by atoms with E-state index in [1.807, 2.05) is 0 Å². The summed E-state index contributed by atoms with van der Waals surface area (Å²) in [4.78, 5) is 25.4. The van der Waals surface area contributed by atoms with Crippen molar-refractivity contribution in [2.75, 3.05) is 19.8 Å². The molecule has 1 heterocycles. The molecule has 59 heavy (non-hydrogen) atoms. The van der Waals surface area contributed by atoms with Gasteiger partial charge >= 0.3 is 11.9 Å². The standard InChI is InChI=1S/C49H90O10/c1-3-5-7-9-11-13-15-17-19-20-21-22-24-25-27-29-31-33-35-37-44(51)56-40-42(41-57-49-48(55)47(54)46(53)43(39-50)59-49)58-45(52)38-36-34-32-30-28-26-23-18-16-14-12-10-8-6-4-2/h10,12,17,19,42-43,46-50,53-55H,3-9,11,13-16,18,20-41H2,1-2H3/b12-10+,19-17+/t42-,43-,46+,47?,48?,49-/m0/s1. The Labute approximate surface area is 360 Å². The van der Waals surface area contributed by atoms with Crippen LogP contribution in [0.1, 0.15) is 219 Å². The SMILES string of the molecule is CCCC/C=C/CCCCCCCCCCCC(=O)O[C@@H](COC(=O)CCCCCCCCCCC/C=C/CCCCCCCC)CO[C@H]1O[C@@H](CO)[C@@H](O)C(O)C1O. The van der Waals surface area contributed by atoms with Crippen molar-refractivity contribution in [3.8, 4) is 0 Å². The van der Waals surface area contributed by atoms with Gasteiger partial charge in [-0.05, 0) is 57.8 Å². The van der Waals surface area contributed by atoms with E-state index in [0.29, 0.717) is 6.42 Å². The monoisotopic (exact) mass is 839 g/mol. The summed E-state index contributed by atoms with van der Waals surface area (Å²) in [5, 5.41) is 40.1. The molecule has 1 fully saturated rings. The van der Waals surface area contributed by atoms with E-state index in [1.54, 1.807) is 0 Å². The van der Waals surface area contributed by atoms with Gasteiger partial charge in [-0.15, -0.1) is 0 Å². The fraction of sp³-hybridized carbons (Fsp3) is 0.878. The Bertz CT molecular complexity index is 1020. The van der Waals surface area contributed by atoms with Gasteiger partial charge in [-0.2, -0.15) is 0 Å². The fourth-order valence-electron chi connectivity index (χ4n) is 7.40. The molecule has 0 spiro atoms. The van der Waals surface area contributed by atoms with Crippen LogP contribution in [0.3, 0.4) is 0 Å². The van der Waals surface area contributed by atoms with E-state index < -0.39 is 49.4 Å². The molecule has 2 unspecified atom stereocenters. The van der Waals surface area contributed by atoms with Crippen molar-refractivity contribution in [1.29, 1.82) is 0 Å². The molecule has 4 N–H and O–H groups in total. The number of ether oxygens (including phenoxy) is 4. The summed E-state index contributed by atoms with van der Waals surface area (Å²) in [5.41, 5.74) is 0. The second-order valence-electron chi connectivity index (χ2n) is 16.9. The van der Waals surface area contributed by atoms with Crippen molar-refractivity contribution in [1.82, 2.24) is 0 Å². The Hall–Kier alpha value is -1.82. The first kappa shape index (κ1) is 55.2. The number of hydrogen-bond acceptors (Lipinski definition) is 10. The van der Waals surface area contributed by atoms with E-state index in [0.717, 1.165) is 44.9 Å². The third-order valence-corrected chi connectivity index (χ3v) is 11.3. The van der Waals surface area contributed by atoms with E-state index >= 15 is 0 Å². The van der Waals surface area contributed by atoms with Crippen molar-refractivity contribution in [3.05, 3.63) is 24.3 Å². The molecule has 6 atom stereocenters. The number of rotatable bonds is 41. The smallest absolute Gasteiger partial charge is 0.306 e. The van der Waals surface area contributed by atoms with Gasteiger partial charge in [-0.1, -0.05) is 173 Å².